The monoisotopic (exact) mass is 263 g/mol. The van der Waals surface area contributed by atoms with E-state index in [0.717, 1.165) is 12.8 Å². The summed E-state index contributed by atoms with van der Waals surface area (Å²) >= 11 is 0. The van der Waals surface area contributed by atoms with Crippen molar-refractivity contribution in [2.75, 3.05) is 6.61 Å². The van der Waals surface area contributed by atoms with Gasteiger partial charge in [-0.05, 0) is 25.2 Å². The van der Waals surface area contributed by atoms with Gasteiger partial charge in [0.05, 0.1) is 6.20 Å². The molecule has 0 aliphatic heterocycles. The van der Waals surface area contributed by atoms with Crippen LogP contribution in [0.25, 0.3) is 0 Å². The summed E-state index contributed by atoms with van der Waals surface area (Å²) < 4.78 is 0. The van der Waals surface area contributed by atoms with E-state index in [0.29, 0.717) is 18.0 Å². The molecule has 0 saturated heterocycles. The van der Waals surface area contributed by atoms with Crippen molar-refractivity contribution in [3.63, 3.8) is 0 Å². The minimum absolute atomic E-state index is 0.0415. The lowest BCUT2D eigenvalue weighted by Crippen LogP contribution is -2.42. The van der Waals surface area contributed by atoms with E-state index in [9.17, 15) is 9.90 Å². The lowest BCUT2D eigenvalue weighted by molar-refractivity contribution is 0.0894. The van der Waals surface area contributed by atoms with Gasteiger partial charge in [-0.25, -0.2) is 4.98 Å². The predicted molar refractivity (Wildman–Crippen MR) is 71.6 cm³/mol. The number of nitrogens with one attached hydrogen (secondary N) is 1. The summed E-state index contributed by atoms with van der Waals surface area (Å²) in [7, 11) is 0. The molecule has 5 nitrogen and oxygen atoms in total. The SMILES string of the molecule is O=C(NC(CCO)C1CCCCC1)c1cnccn1. The number of aliphatic hydroxyl groups is 1. The second-order valence-corrected chi connectivity index (χ2v) is 5.08. The molecule has 5 heteroatoms. The van der Waals surface area contributed by atoms with E-state index in [4.69, 9.17) is 0 Å². The first-order valence-electron chi connectivity index (χ1n) is 6.99. The Bertz CT molecular complexity index is 391. The molecule has 1 amide bonds. The number of rotatable bonds is 5. The van der Waals surface area contributed by atoms with Gasteiger partial charge in [-0.1, -0.05) is 19.3 Å². The zero-order chi connectivity index (χ0) is 13.5. The van der Waals surface area contributed by atoms with E-state index < -0.39 is 0 Å². The van der Waals surface area contributed by atoms with Gasteiger partial charge in [-0.15, -0.1) is 0 Å². The van der Waals surface area contributed by atoms with Crippen LogP contribution in [0.4, 0.5) is 0 Å². The van der Waals surface area contributed by atoms with Crippen LogP contribution in [-0.2, 0) is 0 Å². The lowest BCUT2D eigenvalue weighted by atomic mass is 9.82. The van der Waals surface area contributed by atoms with Crippen LogP contribution in [0.1, 0.15) is 49.0 Å². The molecule has 0 radical (unpaired) electrons. The highest BCUT2D eigenvalue weighted by Gasteiger charge is 2.25. The molecule has 1 aromatic heterocycles. The molecule has 1 aliphatic carbocycles. The smallest absolute Gasteiger partial charge is 0.271 e. The number of aliphatic hydroxyl groups excluding tert-OH is 1. The maximum atomic E-state index is 12.1. The molecule has 0 spiro atoms. The third-order valence-electron chi connectivity index (χ3n) is 3.77. The van der Waals surface area contributed by atoms with Gasteiger partial charge in [0.15, 0.2) is 0 Å². The highest BCUT2D eigenvalue weighted by atomic mass is 16.3. The van der Waals surface area contributed by atoms with Crippen LogP contribution in [0.2, 0.25) is 0 Å². The molecule has 104 valence electrons. The Morgan fingerprint density at radius 3 is 2.79 bits per heavy atom. The van der Waals surface area contributed by atoms with Crippen molar-refractivity contribution >= 4 is 5.91 Å². The van der Waals surface area contributed by atoms with Gasteiger partial charge in [-0.3, -0.25) is 9.78 Å². The molecule has 1 aliphatic rings. The molecule has 1 aromatic rings. The zero-order valence-electron chi connectivity index (χ0n) is 11.1. The van der Waals surface area contributed by atoms with Gasteiger partial charge in [0.2, 0.25) is 0 Å². The Morgan fingerprint density at radius 1 is 1.37 bits per heavy atom. The maximum Gasteiger partial charge on any atom is 0.271 e. The van der Waals surface area contributed by atoms with Crippen molar-refractivity contribution in [1.29, 1.82) is 0 Å². The fourth-order valence-corrected chi connectivity index (χ4v) is 2.76. The molecular formula is C14H21N3O2. The number of carbonyl (C=O) groups excluding carboxylic acids is 1. The van der Waals surface area contributed by atoms with Crippen molar-refractivity contribution in [2.24, 2.45) is 5.92 Å². The second-order valence-electron chi connectivity index (χ2n) is 5.08. The van der Waals surface area contributed by atoms with E-state index in [1.807, 2.05) is 0 Å². The molecule has 0 bridgehead atoms. The lowest BCUT2D eigenvalue weighted by Gasteiger charge is -2.30. The number of aromatic nitrogens is 2. The third-order valence-corrected chi connectivity index (χ3v) is 3.77. The minimum Gasteiger partial charge on any atom is -0.396 e. The number of nitrogens with zero attached hydrogens (tertiary/aromatic N) is 2. The summed E-state index contributed by atoms with van der Waals surface area (Å²) in [5.74, 6) is 0.277. The van der Waals surface area contributed by atoms with Gasteiger partial charge in [0, 0.05) is 25.0 Å². The topological polar surface area (TPSA) is 75.1 Å². The summed E-state index contributed by atoms with van der Waals surface area (Å²) in [6, 6.07) is 0.0415. The Balaban J connectivity index is 1.97. The van der Waals surface area contributed by atoms with Gasteiger partial charge in [-0.2, -0.15) is 0 Å². The zero-order valence-corrected chi connectivity index (χ0v) is 11.1. The van der Waals surface area contributed by atoms with Gasteiger partial charge >= 0.3 is 0 Å². The number of hydrogen-bond acceptors (Lipinski definition) is 4. The molecule has 1 saturated carbocycles. The van der Waals surface area contributed by atoms with E-state index >= 15 is 0 Å². The minimum atomic E-state index is -0.197. The Kier molecular flexibility index (Phi) is 5.27. The normalized spacial score (nSPS) is 17.9. The number of hydrogen-bond donors (Lipinski definition) is 2. The van der Waals surface area contributed by atoms with Crippen molar-refractivity contribution in [2.45, 2.75) is 44.6 Å². The van der Waals surface area contributed by atoms with E-state index in [1.165, 1.54) is 31.7 Å². The average molecular weight is 263 g/mol. The van der Waals surface area contributed by atoms with Crippen LogP contribution in [0.15, 0.2) is 18.6 Å². The van der Waals surface area contributed by atoms with Gasteiger partial charge in [0.1, 0.15) is 5.69 Å². The summed E-state index contributed by atoms with van der Waals surface area (Å²) in [6.45, 7) is 0.0991. The van der Waals surface area contributed by atoms with Crippen LogP contribution < -0.4 is 5.32 Å². The van der Waals surface area contributed by atoms with E-state index in [2.05, 4.69) is 15.3 Å². The van der Waals surface area contributed by atoms with Crippen LogP contribution >= 0.6 is 0 Å². The molecule has 19 heavy (non-hydrogen) atoms. The number of carbonyl (C=O) groups is 1. The highest BCUT2D eigenvalue weighted by molar-refractivity contribution is 5.92. The quantitative estimate of drug-likeness (QED) is 0.845. The standard InChI is InChI=1S/C14H21N3O2/c18-9-6-12(11-4-2-1-3-5-11)17-14(19)13-10-15-7-8-16-13/h7-8,10-12,18H,1-6,9H2,(H,17,19). The molecular weight excluding hydrogens is 242 g/mol. The highest BCUT2D eigenvalue weighted by Crippen LogP contribution is 2.27. The first-order chi connectivity index (χ1) is 9.31. The van der Waals surface area contributed by atoms with Crippen LogP contribution in [0, 0.1) is 5.92 Å². The Hall–Kier alpha value is -1.49. The first kappa shape index (κ1) is 13.9. The predicted octanol–water partition coefficient (Wildman–Crippen LogP) is 1.54. The molecule has 1 heterocycles. The fourth-order valence-electron chi connectivity index (χ4n) is 2.76. The Labute approximate surface area is 113 Å². The van der Waals surface area contributed by atoms with Crippen molar-refractivity contribution < 1.29 is 9.90 Å². The third kappa shape index (κ3) is 3.99. The number of amides is 1. The summed E-state index contributed by atoms with van der Waals surface area (Å²) in [5, 5.41) is 12.2. The summed E-state index contributed by atoms with van der Waals surface area (Å²) in [4.78, 5) is 20.0. The molecule has 1 unspecified atom stereocenters. The van der Waals surface area contributed by atoms with Crippen molar-refractivity contribution in [3.05, 3.63) is 24.3 Å². The van der Waals surface area contributed by atoms with E-state index in [-0.39, 0.29) is 18.6 Å². The van der Waals surface area contributed by atoms with Gasteiger partial charge in [0.25, 0.3) is 5.91 Å². The summed E-state index contributed by atoms with van der Waals surface area (Å²) in [6.07, 6.45) is 11.1. The van der Waals surface area contributed by atoms with Crippen LogP contribution in [0.5, 0.6) is 0 Å². The largest absolute Gasteiger partial charge is 0.396 e. The van der Waals surface area contributed by atoms with Gasteiger partial charge < -0.3 is 10.4 Å². The molecule has 1 atom stereocenters. The van der Waals surface area contributed by atoms with Crippen LogP contribution in [0.3, 0.4) is 0 Å². The molecule has 1 fully saturated rings. The molecule has 2 N–H and O–H groups in total. The maximum absolute atomic E-state index is 12.1. The Morgan fingerprint density at radius 2 is 2.16 bits per heavy atom. The van der Waals surface area contributed by atoms with Crippen molar-refractivity contribution in [1.82, 2.24) is 15.3 Å². The second kappa shape index (κ2) is 7.19. The van der Waals surface area contributed by atoms with Crippen molar-refractivity contribution in [3.8, 4) is 0 Å². The average Bonchev–Trinajstić information content (AvgIpc) is 2.48. The molecule has 2 rings (SSSR count). The fraction of sp³-hybridized carbons (Fsp3) is 0.643. The first-order valence-corrected chi connectivity index (χ1v) is 6.99. The molecule has 0 aromatic carbocycles. The summed E-state index contributed by atoms with van der Waals surface area (Å²) in [5.41, 5.74) is 0.334. The van der Waals surface area contributed by atoms with Crippen LogP contribution in [-0.4, -0.2) is 33.6 Å². The van der Waals surface area contributed by atoms with E-state index in [1.54, 1.807) is 6.20 Å².